The highest BCUT2D eigenvalue weighted by Gasteiger charge is 2.20. The molecule has 0 bridgehead atoms. The van der Waals surface area contributed by atoms with Crippen molar-refractivity contribution >= 4 is 56.5 Å². The zero-order valence-electron chi connectivity index (χ0n) is 21.7. The van der Waals surface area contributed by atoms with Gasteiger partial charge in [-0.15, -0.1) is 20.4 Å². The topological polar surface area (TPSA) is 110 Å². The summed E-state index contributed by atoms with van der Waals surface area (Å²) in [6, 6.07) is 9.68. The van der Waals surface area contributed by atoms with Crippen LogP contribution in [0.4, 0.5) is 10.3 Å². The smallest absolute Gasteiger partial charge is 0.233 e. The number of aryl methyl sites for hydroxylation is 2. The van der Waals surface area contributed by atoms with Gasteiger partial charge >= 0.3 is 0 Å². The molecule has 1 aliphatic carbocycles. The van der Waals surface area contributed by atoms with Gasteiger partial charge in [0.1, 0.15) is 10.0 Å². The third kappa shape index (κ3) is 8.05. The van der Waals surface area contributed by atoms with Crippen LogP contribution in [0.5, 0.6) is 0 Å². The molecule has 0 saturated carbocycles. The van der Waals surface area contributed by atoms with Crippen molar-refractivity contribution in [3.63, 3.8) is 0 Å². The van der Waals surface area contributed by atoms with E-state index in [4.69, 9.17) is 0 Å². The van der Waals surface area contributed by atoms with E-state index in [1.165, 1.54) is 22.7 Å². The molecule has 0 aliphatic heterocycles. The van der Waals surface area contributed by atoms with E-state index in [9.17, 15) is 9.59 Å². The number of nitrogens with zero attached hydrogens (tertiary/aromatic N) is 4. The van der Waals surface area contributed by atoms with Crippen molar-refractivity contribution in [1.29, 1.82) is 0 Å². The van der Waals surface area contributed by atoms with Crippen LogP contribution in [0.25, 0.3) is 0 Å². The third-order valence-corrected chi connectivity index (χ3v) is 8.98. The van der Waals surface area contributed by atoms with Gasteiger partial charge in [-0.25, -0.2) is 0 Å². The Labute approximate surface area is 235 Å². The average molecular weight is 569 g/mol. The first-order valence-electron chi connectivity index (χ1n) is 12.7. The predicted octanol–water partition coefficient (Wildman–Crippen LogP) is 5.75. The summed E-state index contributed by atoms with van der Waals surface area (Å²) in [6.45, 7) is 5.95. The normalized spacial score (nSPS) is 16.5. The highest BCUT2D eigenvalue weighted by Crippen LogP contribution is 2.25. The van der Waals surface area contributed by atoms with Gasteiger partial charge in [-0.3, -0.25) is 9.59 Å². The maximum absolute atomic E-state index is 12.6. The summed E-state index contributed by atoms with van der Waals surface area (Å²) in [4.78, 5) is 25.2. The summed E-state index contributed by atoms with van der Waals surface area (Å²) in [5.41, 5.74) is 2.02. The second-order valence-corrected chi connectivity index (χ2v) is 12.6. The molecule has 0 fully saturated rings. The lowest BCUT2D eigenvalue weighted by Crippen LogP contribution is -2.22. The van der Waals surface area contributed by atoms with Crippen LogP contribution in [0.3, 0.4) is 0 Å². The zero-order chi connectivity index (χ0) is 26.9. The summed E-state index contributed by atoms with van der Waals surface area (Å²) in [7, 11) is 0. The van der Waals surface area contributed by atoms with E-state index in [0.717, 1.165) is 51.9 Å². The van der Waals surface area contributed by atoms with Crippen LogP contribution in [0.15, 0.2) is 54.1 Å². The fourth-order valence-electron chi connectivity index (χ4n) is 3.86. The summed E-state index contributed by atoms with van der Waals surface area (Å²) in [5, 5.41) is 25.4. The number of aromatic nitrogens is 4. The first-order valence-corrected chi connectivity index (χ1v) is 15.4. The zero-order valence-corrected chi connectivity index (χ0v) is 24.2. The molecule has 1 aliphatic rings. The van der Waals surface area contributed by atoms with Crippen molar-refractivity contribution in [2.75, 3.05) is 22.1 Å². The summed E-state index contributed by atoms with van der Waals surface area (Å²) < 4.78 is 0. The number of nitrogens with one attached hydrogen (secondary N) is 2. The molecule has 8 nitrogen and oxygen atoms in total. The summed E-state index contributed by atoms with van der Waals surface area (Å²) >= 11 is 4.64. The lowest BCUT2D eigenvalue weighted by atomic mass is 9.90. The van der Waals surface area contributed by atoms with Crippen molar-refractivity contribution in [2.24, 2.45) is 11.8 Å². The second kappa shape index (κ2) is 13.8. The van der Waals surface area contributed by atoms with E-state index < -0.39 is 0 Å². The number of hydrogen-bond donors (Lipinski definition) is 2. The highest BCUT2D eigenvalue weighted by atomic mass is 32.2. The first kappa shape index (κ1) is 28.1. The fraction of sp³-hybridized carbons (Fsp3) is 0.407. The van der Waals surface area contributed by atoms with E-state index in [0.29, 0.717) is 16.2 Å². The Kier molecular flexibility index (Phi) is 10.2. The van der Waals surface area contributed by atoms with Crippen LogP contribution in [0.2, 0.25) is 0 Å². The Morgan fingerprint density at radius 2 is 1.50 bits per heavy atom. The minimum absolute atomic E-state index is 0.0609. The third-order valence-electron chi connectivity index (χ3n) is 6.20. The molecular formula is C27H32N6O2S3. The van der Waals surface area contributed by atoms with Crippen molar-refractivity contribution < 1.29 is 9.59 Å². The number of thioether (sulfide) groups is 1. The molecule has 11 heteroatoms. The number of benzene rings is 1. The molecule has 0 radical (unpaired) electrons. The maximum Gasteiger partial charge on any atom is 0.233 e. The minimum Gasteiger partial charge on any atom is -0.300 e. The van der Waals surface area contributed by atoms with E-state index in [1.54, 1.807) is 11.8 Å². The van der Waals surface area contributed by atoms with Crippen LogP contribution in [-0.2, 0) is 22.4 Å². The van der Waals surface area contributed by atoms with Crippen molar-refractivity contribution in [2.45, 2.75) is 46.0 Å². The van der Waals surface area contributed by atoms with Crippen LogP contribution >= 0.6 is 34.4 Å². The highest BCUT2D eigenvalue weighted by molar-refractivity contribution is 7.99. The number of carbonyl (C=O) groups excluding carboxylic acids is 2. The molecule has 2 N–H and O–H groups in total. The molecule has 200 valence electrons. The molecule has 4 rings (SSSR count). The standard InChI is InChI=1S/C27H32N6O2S3/c1-17-8-7-11-21(16-17)19(3)25(35)29-27-33-31-23(38-27)13-15-36-14-12-22-30-32-26(37-22)28-24(34)18(2)20-9-5-4-6-10-20/h4-7,9-11,16-19H,8,12-15H2,1-3H3,(H,28,32,34)(H,29,33,35). The average Bonchev–Trinajstić information content (AvgIpc) is 3.57. The van der Waals surface area contributed by atoms with Gasteiger partial charge in [-0.1, -0.05) is 78.2 Å². The van der Waals surface area contributed by atoms with Gasteiger partial charge < -0.3 is 10.6 Å². The molecule has 3 atom stereocenters. The number of rotatable bonds is 12. The number of allylic oxidation sites excluding steroid dienone is 3. The molecule has 2 amide bonds. The van der Waals surface area contributed by atoms with E-state index >= 15 is 0 Å². The SMILES string of the molecule is CC1C=C(C(C)C(=O)Nc2nnc(CCSCCc3nnc(NC(=O)C(C)c4ccccc4)s3)s2)C=CC1. The molecule has 0 saturated heterocycles. The molecule has 1 aromatic carbocycles. The second-order valence-electron chi connectivity index (χ2n) is 9.23. The lowest BCUT2D eigenvalue weighted by molar-refractivity contribution is -0.118. The Hall–Kier alpha value is -2.89. The van der Waals surface area contributed by atoms with Crippen molar-refractivity contribution in [1.82, 2.24) is 20.4 Å². The Morgan fingerprint density at radius 3 is 2.08 bits per heavy atom. The van der Waals surface area contributed by atoms with Gasteiger partial charge in [0.05, 0.1) is 11.8 Å². The van der Waals surface area contributed by atoms with Gasteiger partial charge in [-0.2, -0.15) is 11.8 Å². The molecular weight excluding hydrogens is 537 g/mol. The van der Waals surface area contributed by atoms with Gasteiger partial charge in [0.15, 0.2) is 0 Å². The van der Waals surface area contributed by atoms with Gasteiger partial charge in [0, 0.05) is 12.8 Å². The minimum atomic E-state index is -0.257. The molecule has 2 heterocycles. The van der Waals surface area contributed by atoms with Gasteiger partial charge in [-0.05, 0) is 48.8 Å². The van der Waals surface area contributed by atoms with Gasteiger partial charge in [0.2, 0.25) is 22.1 Å². The molecule has 38 heavy (non-hydrogen) atoms. The Balaban J connectivity index is 1.14. The predicted molar refractivity (Wildman–Crippen MR) is 157 cm³/mol. The number of hydrogen-bond acceptors (Lipinski definition) is 9. The van der Waals surface area contributed by atoms with Crippen LogP contribution in [0.1, 0.15) is 48.7 Å². The van der Waals surface area contributed by atoms with Crippen molar-refractivity contribution in [3.05, 3.63) is 69.7 Å². The maximum atomic E-state index is 12.6. The molecule has 2 aromatic heterocycles. The monoisotopic (exact) mass is 568 g/mol. The molecule has 3 aromatic rings. The quantitative estimate of drug-likeness (QED) is 0.268. The lowest BCUT2D eigenvalue weighted by Gasteiger charge is -2.17. The van der Waals surface area contributed by atoms with E-state index in [1.807, 2.05) is 50.3 Å². The largest absolute Gasteiger partial charge is 0.300 e. The van der Waals surface area contributed by atoms with Crippen LogP contribution in [-0.4, -0.2) is 43.7 Å². The van der Waals surface area contributed by atoms with E-state index in [2.05, 4.69) is 50.1 Å². The van der Waals surface area contributed by atoms with E-state index in [-0.39, 0.29) is 23.7 Å². The Bertz CT molecular complexity index is 1290. The summed E-state index contributed by atoms with van der Waals surface area (Å²) in [5.74, 6) is 1.61. The number of anilines is 2. The summed E-state index contributed by atoms with van der Waals surface area (Å²) in [6.07, 6.45) is 8.92. The molecule has 0 spiro atoms. The number of carbonyl (C=O) groups is 2. The fourth-order valence-corrected chi connectivity index (χ4v) is 6.49. The Morgan fingerprint density at radius 1 is 0.921 bits per heavy atom. The van der Waals surface area contributed by atoms with Gasteiger partial charge in [0.25, 0.3) is 0 Å². The van der Waals surface area contributed by atoms with Crippen LogP contribution < -0.4 is 10.6 Å². The number of amides is 2. The molecule has 3 unspecified atom stereocenters. The van der Waals surface area contributed by atoms with Crippen LogP contribution in [0, 0.1) is 11.8 Å². The van der Waals surface area contributed by atoms with Crippen molar-refractivity contribution in [3.8, 4) is 0 Å². The first-order chi connectivity index (χ1) is 18.4.